The van der Waals surface area contributed by atoms with Crippen molar-refractivity contribution < 1.29 is 9.53 Å². The molecule has 0 unspecified atom stereocenters. The minimum Gasteiger partial charge on any atom is -0.449 e. The molecule has 0 aromatic heterocycles. The molecule has 0 amide bonds. The van der Waals surface area contributed by atoms with Gasteiger partial charge >= 0.3 is 5.97 Å². The monoisotopic (exact) mass is 229 g/mol. The second-order valence-electron chi connectivity index (χ2n) is 5.50. The van der Waals surface area contributed by atoms with E-state index in [2.05, 4.69) is 32.6 Å². The highest BCUT2D eigenvalue weighted by atomic mass is 16.5. The summed E-state index contributed by atoms with van der Waals surface area (Å²) in [5.41, 5.74) is -0.375. The summed E-state index contributed by atoms with van der Waals surface area (Å²) in [6.07, 6.45) is 0.801. The van der Waals surface area contributed by atoms with Gasteiger partial charge in [0.1, 0.15) is 6.73 Å². The molecular formula is C13H27NO2. The van der Waals surface area contributed by atoms with Gasteiger partial charge < -0.3 is 4.74 Å². The Morgan fingerprint density at radius 1 is 1.19 bits per heavy atom. The van der Waals surface area contributed by atoms with Gasteiger partial charge in [-0.2, -0.15) is 0 Å². The Bertz CT molecular complexity index is 214. The van der Waals surface area contributed by atoms with Gasteiger partial charge in [0, 0.05) is 12.1 Å². The average Bonchev–Trinajstić information content (AvgIpc) is 2.16. The molecule has 0 aromatic rings. The van der Waals surface area contributed by atoms with Crippen molar-refractivity contribution in [2.24, 2.45) is 5.41 Å². The first-order valence-electron chi connectivity index (χ1n) is 6.15. The summed E-state index contributed by atoms with van der Waals surface area (Å²) in [6.45, 7) is 14.7. The number of carbonyl (C=O) groups is 1. The molecule has 3 nitrogen and oxygen atoms in total. The van der Waals surface area contributed by atoms with Crippen LogP contribution in [0.1, 0.15) is 54.9 Å². The third-order valence-corrected chi connectivity index (χ3v) is 3.11. The van der Waals surface area contributed by atoms with E-state index in [1.807, 2.05) is 20.8 Å². The van der Waals surface area contributed by atoms with Crippen LogP contribution in [0, 0.1) is 5.41 Å². The second-order valence-corrected chi connectivity index (χ2v) is 5.50. The Kier molecular flexibility index (Phi) is 6.01. The van der Waals surface area contributed by atoms with Crippen LogP contribution < -0.4 is 0 Å². The molecule has 0 aliphatic heterocycles. The Morgan fingerprint density at radius 2 is 1.62 bits per heavy atom. The Morgan fingerprint density at radius 3 is 1.94 bits per heavy atom. The number of hydrogen-bond donors (Lipinski definition) is 0. The van der Waals surface area contributed by atoms with Crippen molar-refractivity contribution in [2.45, 2.75) is 67.0 Å². The fourth-order valence-corrected chi connectivity index (χ4v) is 1.37. The largest absolute Gasteiger partial charge is 0.449 e. The molecule has 0 spiro atoms. The highest BCUT2D eigenvalue weighted by molar-refractivity contribution is 5.75. The summed E-state index contributed by atoms with van der Waals surface area (Å²) in [6, 6.07) is 0.773. The first kappa shape index (κ1) is 15.4. The van der Waals surface area contributed by atoms with Crippen molar-refractivity contribution in [3.05, 3.63) is 0 Å². The van der Waals surface area contributed by atoms with Crippen LogP contribution >= 0.6 is 0 Å². The van der Waals surface area contributed by atoms with Crippen molar-refractivity contribution >= 4 is 5.97 Å². The molecule has 0 rings (SSSR count). The van der Waals surface area contributed by atoms with E-state index in [9.17, 15) is 4.79 Å². The first-order valence-corrected chi connectivity index (χ1v) is 6.15. The molecule has 3 heteroatoms. The van der Waals surface area contributed by atoms with Crippen molar-refractivity contribution in [3.8, 4) is 0 Å². The van der Waals surface area contributed by atoms with Crippen LogP contribution in [-0.2, 0) is 9.53 Å². The lowest BCUT2D eigenvalue weighted by molar-refractivity contribution is -0.160. The molecule has 0 fully saturated rings. The summed E-state index contributed by atoms with van der Waals surface area (Å²) < 4.78 is 5.37. The minimum atomic E-state index is -0.375. The molecule has 0 aliphatic carbocycles. The number of ether oxygens (including phenoxy) is 1. The van der Waals surface area contributed by atoms with Gasteiger partial charge in [0.15, 0.2) is 0 Å². The molecule has 96 valence electrons. The van der Waals surface area contributed by atoms with E-state index >= 15 is 0 Å². The number of esters is 1. The highest BCUT2D eigenvalue weighted by Crippen LogP contribution is 2.21. The van der Waals surface area contributed by atoms with Gasteiger partial charge in [-0.1, -0.05) is 6.92 Å². The van der Waals surface area contributed by atoms with Crippen molar-refractivity contribution in [1.29, 1.82) is 0 Å². The molecule has 0 aliphatic rings. The summed E-state index contributed by atoms with van der Waals surface area (Å²) >= 11 is 0. The summed E-state index contributed by atoms with van der Waals surface area (Å²) in [4.78, 5) is 14.0. The fraction of sp³-hybridized carbons (Fsp3) is 0.923. The van der Waals surface area contributed by atoms with Gasteiger partial charge in [-0.05, 0) is 48.0 Å². The fourth-order valence-electron chi connectivity index (χ4n) is 1.37. The zero-order valence-corrected chi connectivity index (χ0v) is 11.8. The molecule has 0 heterocycles. The molecule has 0 saturated carbocycles. The van der Waals surface area contributed by atoms with Gasteiger partial charge in [-0.15, -0.1) is 0 Å². The number of carbonyl (C=O) groups excluding carboxylic acids is 1. The normalized spacial score (nSPS) is 12.6. The molecule has 0 bridgehead atoms. The third-order valence-electron chi connectivity index (χ3n) is 3.11. The lowest BCUT2D eigenvalue weighted by Gasteiger charge is -2.31. The lowest BCUT2D eigenvalue weighted by atomic mass is 9.91. The van der Waals surface area contributed by atoms with Gasteiger partial charge in [-0.3, -0.25) is 9.69 Å². The highest BCUT2D eigenvalue weighted by Gasteiger charge is 2.28. The van der Waals surface area contributed by atoms with Crippen molar-refractivity contribution in [2.75, 3.05) is 6.73 Å². The van der Waals surface area contributed by atoms with Crippen LogP contribution in [0.2, 0.25) is 0 Å². The first-order chi connectivity index (χ1) is 7.22. The van der Waals surface area contributed by atoms with Crippen LogP contribution in [0.5, 0.6) is 0 Å². The molecule has 0 N–H and O–H groups in total. The molecule has 0 saturated heterocycles. The predicted octanol–water partition coefficient (Wildman–Crippen LogP) is 3.04. The van der Waals surface area contributed by atoms with E-state index in [0.29, 0.717) is 18.8 Å². The molecule has 0 atom stereocenters. The SMILES string of the molecule is CCC(C)(C)C(=O)OCN(C(C)C)C(C)C. The van der Waals surface area contributed by atoms with Crippen LogP contribution in [0.4, 0.5) is 0 Å². The number of rotatable bonds is 6. The van der Waals surface area contributed by atoms with Gasteiger partial charge in [-0.25, -0.2) is 0 Å². The van der Waals surface area contributed by atoms with E-state index < -0.39 is 0 Å². The van der Waals surface area contributed by atoms with Gasteiger partial charge in [0.25, 0.3) is 0 Å². The number of nitrogens with zero attached hydrogens (tertiary/aromatic N) is 1. The Labute approximate surface area is 100 Å². The quantitative estimate of drug-likeness (QED) is 0.518. The van der Waals surface area contributed by atoms with E-state index in [1.165, 1.54) is 0 Å². The maximum atomic E-state index is 11.8. The standard InChI is InChI=1S/C13H27NO2/c1-8-13(6,7)12(15)16-9-14(10(2)3)11(4)5/h10-11H,8-9H2,1-7H3. The minimum absolute atomic E-state index is 0.110. The topological polar surface area (TPSA) is 29.5 Å². The summed E-state index contributed by atoms with van der Waals surface area (Å²) in [5.74, 6) is -0.110. The number of hydrogen-bond acceptors (Lipinski definition) is 3. The smallest absolute Gasteiger partial charge is 0.312 e. The summed E-state index contributed by atoms with van der Waals surface area (Å²) in [5, 5.41) is 0. The van der Waals surface area contributed by atoms with E-state index in [1.54, 1.807) is 0 Å². The lowest BCUT2D eigenvalue weighted by Crippen LogP contribution is -2.41. The molecule has 0 aromatic carbocycles. The average molecular weight is 229 g/mol. The van der Waals surface area contributed by atoms with Crippen LogP contribution in [0.25, 0.3) is 0 Å². The second kappa shape index (κ2) is 6.24. The van der Waals surface area contributed by atoms with E-state index in [-0.39, 0.29) is 11.4 Å². The molecule has 0 radical (unpaired) electrons. The van der Waals surface area contributed by atoms with Crippen LogP contribution in [0.15, 0.2) is 0 Å². The van der Waals surface area contributed by atoms with Crippen LogP contribution in [0.3, 0.4) is 0 Å². The molecule has 16 heavy (non-hydrogen) atoms. The maximum absolute atomic E-state index is 11.8. The zero-order valence-electron chi connectivity index (χ0n) is 11.8. The predicted molar refractivity (Wildman–Crippen MR) is 67.1 cm³/mol. The molecular weight excluding hydrogens is 202 g/mol. The van der Waals surface area contributed by atoms with Crippen molar-refractivity contribution in [3.63, 3.8) is 0 Å². The summed E-state index contributed by atoms with van der Waals surface area (Å²) in [7, 11) is 0. The third kappa shape index (κ3) is 4.52. The zero-order chi connectivity index (χ0) is 12.9. The van der Waals surface area contributed by atoms with E-state index in [4.69, 9.17) is 4.74 Å². The van der Waals surface area contributed by atoms with Gasteiger partial charge in [0.2, 0.25) is 0 Å². The maximum Gasteiger partial charge on any atom is 0.312 e. The van der Waals surface area contributed by atoms with Gasteiger partial charge in [0.05, 0.1) is 5.41 Å². The van der Waals surface area contributed by atoms with Crippen LogP contribution in [-0.4, -0.2) is 29.7 Å². The van der Waals surface area contributed by atoms with E-state index in [0.717, 1.165) is 6.42 Å². The Balaban J connectivity index is 4.27. The Hall–Kier alpha value is -0.570. The van der Waals surface area contributed by atoms with Crippen molar-refractivity contribution in [1.82, 2.24) is 4.90 Å².